The summed E-state index contributed by atoms with van der Waals surface area (Å²) in [7, 11) is 1.94. The van der Waals surface area contributed by atoms with Crippen LogP contribution in [0.5, 0.6) is 0 Å². The Balaban J connectivity index is 0.000000761. The zero-order chi connectivity index (χ0) is 30.5. The first kappa shape index (κ1) is 29.5. The highest BCUT2D eigenvalue weighted by atomic mass is 35.5. The zero-order valence-electron chi connectivity index (χ0n) is 25.0. The number of aryl methyl sites for hydroxylation is 1. The Hall–Kier alpha value is -3.53. The molecule has 1 unspecified atom stereocenters. The number of ether oxygens (including phenoxy) is 1. The number of aromatic carboxylic acids is 1. The minimum atomic E-state index is -0.947. The van der Waals surface area contributed by atoms with Gasteiger partial charge in [-0.15, -0.1) is 0 Å². The normalized spacial score (nSPS) is 18.8. The Labute approximate surface area is 255 Å². The number of benzene rings is 2. The number of halogens is 2. The quantitative estimate of drug-likeness (QED) is 0.268. The number of carbonyl (C=O) groups is 1. The summed E-state index contributed by atoms with van der Waals surface area (Å²) in [4.78, 5) is 23.9. The van der Waals surface area contributed by atoms with Crippen molar-refractivity contribution in [3.63, 3.8) is 0 Å². The standard InChI is InChI=1S/C30H31ClFN5O2.C3H6O/c1-5-23-28-34-26-19(12-17-6-8-20(31)14-21(17)32)15-30(2,3)27(26)37(28)11-10-36(23)16-25-33-22-9-7-18(29(38)39)13-24(22)35(25)4;1-2-4-3-1/h6-9,13-15,23H,5,10-12,16H2,1-4H3,(H,38,39);1-3H2. The predicted molar refractivity (Wildman–Crippen MR) is 165 cm³/mol. The van der Waals surface area contributed by atoms with E-state index in [4.69, 9.17) is 26.3 Å². The molecule has 2 aromatic heterocycles. The number of hydrogen-bond donors (Lipinski definition) is 1. The molecule has 0 amide bonds. The number of carboxylic acid groups (broad SMARTS) is 1. The molecular formula is C33H37ClFN5O3. The van der Waals surface area contributed by atoms with Crippen LogP contribution in [-0.4, -0.2) is 54.8 Å². The highest BCUT2D eigenvalue weighted by molar-refractivity contribution is 6.30. The van der Waals surface area contributed by atoms with E-state index in [1.165, 1.54) is 18.2 Å². The van der Waals surface area contributed by atoms with E-state index in [0.717, 1.165) is 66.7 Å². The van der Waals surface area contributed by atoms with Crippen LogP contribution in [0.1, 0.15) is 78.6 Å². The van der Waals surface area contributed by atoms with Crippen LogP contribution in [0.4, 0.5) is 4.39 Å². The minimum Gasteiger partial charge on any atom is -0.478 e. The smallest absolute Gasteiger partial charge is 0.335 e. The van der Waals surface area contributed by atoms with Gasteiger partial charge in [0.05, 0.1) is 40.6 Å². The number of aromatic nitrogens is 4. The van der Waals surface area contributed by atoms with E-state index in [1.54, 1.807) is 30.3 Å². The van der Waals surface area contributed by atoms with Gasteiger partial charge in [0.25, 0.3) is 0 Å². The zero-order valence-corrected chi connectivity index (χ0v) is 25.8. The second-order valence-corrected chi connectivity index (χ2v) is 12.5. The molecule has 4 heterocycles. The van der Waals surface area contributed by atoms with Crippen molar-refractivity contribution in [3.8, 4) is 0 Å². The van der Waals surface area contributed by atoms with Gasteiger partial charge in [0.15, 0.2) is 0 Å². The number of allylic oxidation sites excluding steroid dienone is 2. The molecule has 1 N–H and O–H groups in total. The first-order valence-corrected chi connectivity index (χ1v) is 15.2. The van der Waals surface area contributed by atoms with Crippen molar-refractivity contribution >= 4 is 34.2 Å². The van der Waals surface area contributed by atoms with Gasteiger partial charge >= 0.3 is 5.97 Å². The van der Waals surface area contributed by atoms with E-state index >= 15 is 0 Å². The lowest BCUT2D eigenvalue weighted by molar-refractivity contribution is 0.0367. The average Bonchev–Trinajstić information content (AvgIpc) is 3.54. The summed E-state index contributed by atoms with van der Waals surface area (Å²) in [5.74, 6) is 0.680. The molecule has 3 aliphatic rings. The molecule has 1 saturated heterocycles. The number of hydrogen-bond acceptors (Lipinski definition) is 5. The minimum absolute atomic E-state index is 0.100. The lowest BCUT2D eigenvalue weighted by atomic mass is 9.92. The van der Waals surface area contributed by atoms with Crippen LogP contribution in [0, 0.1) is 5.82 Å². The number of carboxylic acids is 1. The van der Waals surface area contributed by atoms with E-state index in [1.807, 2.05) is 11.6 Å². The van der Waals surface area contributed by atoms with Gasteiger partial charge in [0.2, 0.25) is 0 Å². The van der Waals surface area contributed by atoms with Gasteiger partial charge in [-0.05, 0) is 54.3 Å². The molecule has 43 heavy (non-hydrogen) atoms. The number of imidazole rings is 2. The van der Waals surface area contributed by atoms with Crippen LogP contribution < -0.4 is 0 Å². The molecule has 0 spiro atoms. The van der Waals surface area contributed by atoms with Gasteiger partial charge in [0.1, 0.15) is 17.5 Å². The van der Waals surface area contributed by atoms with Crippen molar-refractivity contribution in [2.45, 2.75) is 64.6 Å². The molecule has 8 nitrogen and oxygen atoms in total. The van der Waals surface area contributed by atoms with Gasteiger partial charge in [-0.25, -0.2) is 19.2 Å². The first-order chi connectivity index (χ1) is 20.6. The molecular weight excluding hydrogens is 569 g/mol. The number of fused-ring (bicyclic) bond motifs is 4. The van der Waals surface area contributed by atoms with E-state index in [0.29, 0.717) is 23.6 Å². The van der Waals surface area contributed by atoms with E-state index in [2.05, 4.69) is 36.3 Å². The monoisotopic (exact) mass is 605 g/mol. The molecule has 10 heteroatoms. The lowest BCUT2D eigenvalue weighted by Gasteiger charge is -2.36. The fourth-order valence-electron chi connectivity index (χ4n) is 6.42. The van der Waals surface area contributed by atoms with Crippen molar-refractivity contribution in [2.75, 3.05) is 19.8 Å². The first-order valence-electron chi connectivity index (χ1n) is 14.8. The third-order valence-corrected chi connectivity index (χ3v) is 8.96. The molecule has 2 aromatic carbocycles. The number of rotatable bonds is 6. The molecule has 7 rings (SSSR count). The predicted octanol–water partition coefficient (Wildman–Crippen LogP) is 6.55. The summed E-state index contributed by atoms with van der Waals surface area (Å²) in [5, 5.41) is 9.79. The topological polar surface area (TPSA) is 85.4 Å². The molecule has 0 saturated carbocycles. The third kappa shape index (κ3) is 5.50. The summed E-state index contributed by atoms with van der Waals surface area (Å²) in [6.07, 6.45) is 4.85. The maximum Gasteiger partial charge on any atom is 0.335 e. The summed E-state index contributed by atoms with van der Waals surface area (Å²) < 4.78 is 23.7. The molecule has 0 radical (unpaired) electrons. The maximum absolute atomic E-state index is 14.7. The van der Waals surface area contributed by atoms with Crippen LogP contribution in [0.25, 0.3) is 16.6 Å². The van der Waals surface area contributed by atoms with Gasteiger partial charge in [-0.3, -0.25) is 4.90 Å². The highest BCUT2D eigenvalue weighted by Gasteiger charge is 2.40. The summed E-state index contributed by atoms with van der Waals surface area (Å²) >= 11 is 5.98. The summed E-state index contributed by atoms with van der Waals surface area (Å²) in [5.41, 5.74) is 5.46. The van der Waals surface area contributed by atoms with E-state index in [-0.39, 0.29) is 22.8 Å². The van der Waals surface area contributed by atoms with Crippen LogP contribution in [-0.2, 0) is 36.7 Å². The molecule has 1 fully saturated rings. The van der Waals surface area contributed by atoms with Crippen molar-refractivity contribution in [3.05, 3.63) is 87.5 Å². The van der Waals surface area contributed by atoms with Crippen LogP contribution >= 0.6 is 11.6 Å². The van der Waals surface area contributed by atoms with Crippen LogP contribution in [0.2, 0.25) is 5.02 Å². The van der Waals surface area contributed by atoms with E-state index in [9.17, 15) is 14.3 Å². The highest BCUT2D eigenvalue weighted by Crippen LogP contribution is 2.45. The summed E-state index contributed by atoms with van der Waals surface area (Å²) in [6, 6.07) is 10.00. The second kappa shape index (κ2) is 11.5. The molecule has 1 atom stereocenters. The van der Waals surface area contributed by atoms with Crippen molar-refractivity contribution in [1.29, 1.82) is 0 Å². The van der Waals surface area contributed by atoms with Gasteiger partial charge in [-0.1, -0.05) is 44.5 Å². The second-order valence-electron chi connectivity index (χ2n) is 12.1. The maximum atomic E-state index is 14.7. The number of nitrogens with zero attached hydrogens (tertiary/aromatic N) is 5. The fourth-order valence-corrected chi connectivity index (χ4v) is 6.58. The molecule has 1 aliphatic carbocycles. The molecule has 2 aliphatic heterocycles. The van der Waals surface area contributed by atoms with Crippen LogP contribution in [0.15, 0.2) is 42.5 Å². The fraction of sp³-hybridized carbons (Fsp3) is 0.424. The van der Waals surface area contributed by atoms with Crippen molar-refractivity contribution in [2.24, 2.45) is 7.05 Å². The van der Waals surface area contributed by atoms with Crippen LogP contribution in [0.3, 0.4) is 0 Å². The Kier molecular flexibility index (Phi) is 7.91. The Morgan fingerprint density at radius 3 is 2.56 bits per heavy atom. The Morgan fingerprint density at radius 1 is 1.16 bits per heavy atom. The molecule has 226 valence electrons. The van der Waals surface area contributed by atoms with Gasteiger partial charge < -0.3 is 19.0 Å². The molecule has 4 aromatic rings. The largest absolute Gasteiger partial charge is 0.478 e. The summed E-state index contributed by atoms with van der Waals surface area (Å²) in [6.45, 7) is 10.8. The lowest BCUT2D eigenvalue weighted by Crippen LogP contribution is -2.39. The SMILES string of the molecule is C1COC1.CCC1c2nc3c(n2CCN1Cc1nc2ccc(C(=O)O)cc2n1C)C(C)(C)C=C3Cc1ccc(Cl)cc1F. The van der Waals surface area contributed by atoms with Crippen molar-refractivity contribution in [1.82, 2.24) is 24.0 Å². The average molecular weight is 606 g/mol. The van der Waals surface area contributed by atoms with Crippen molar-refractivity contribution < 1.29 is 19.0 Å². The van der Waals surface area contributed by atoms with E-state index < -0.39 is 5.97 Å². The Bertz CT molecular complexity index is 1730. The molecule has 0 bridgehead atoms. The van der Waals surface area contributed by atoms with Gasteiger partial charge in [0, 0.05) is 50.2 Å². The van der Waals surface area contributed by atoms with Gasteiger partial charge in [-0.2, -0.15) is 0 Å². The third-order valence-electron chi connectivity index (χ3n) is 8.72. The Morgan fingerprint density at radius 2 is 1.91 bits per heavy atom.